The van der Waals surface area contributed by atoms with Gasteiger partial charge in [0.2, 0.25) is 5.91 Å². The van der Waals surface area contributed by atoms with Crippen LogP contribution in [-0.2, 0) is 27.4 Å². The summed E-state index contributed by atoms with van der Waals surface area (Å²) in [5.74, 6) is 3.95. The number of ether oxygens (including phenoxy) is 1. The van der Waals surface area contributed by atoms with Crippen molar-refractivity contribution in [2.75, 3.05) is 0 Å². The van der Waals surface area contributed by atoms with Crippen LogP contribution in [0.3, 0.4) is 0 Å². The third-order valence-corrected chi connectivity index (χ3v) is 4.59. The molecule has 0 aromatic heterocycles. The maximum absolute atomic E-state index is 12.8. The van der Waals surface area contributed by atoms with Gasteiger partial charge < -0.3 is 20.5 Å². The fraction of sp³-hybridized carbons (Fsp3) is 0.318. The molecule has 9 heteroatoms. The van der Waals surface area contributed by atoms with Gasteiger partial charge in [0.25, 0.3) is 5.91 Å². The van der Waals surface area contributed by atoms with Crippen molar-refractivity contribution in [3.8, 4) is 5.75 Å². The molecule has 166 valence electrons. The molecule has 0 unspecified atom stereocenters. The van der Waals surface area contributed by atoms with Crippen LogP contribution in [0.15, 0.2) is 54.6 Å². The van der Waals surface area contributed by atoms with Crippen molar-refractivity contribution in [1.29, 1.82) is 0 Å². The molecule has 2 rings (SSSR count). The fourth-order valence-corrected chi connectivity index (χ4v) is 2.87. The van der Waals surface area contributed by atoms with E-state index >= 15 is 0 Å². The van der Waals surface area contributed by atoms with Crippen molar-refractivity contribution in [1.82, 2.24) is 16.1 Å². The average Bonchev–Trinajstić information content (AvgIpc) is 2.76. The molecule has 2 aromatic carbocycles. The van der Waals surface area contributed by atoms with Crippen LogP contribution < -0.4 is 21.9 Å². The number of hydrogen-bond donors (Lipinski definition) is 5. The van der Waals surface area contributed by atoms with Gasteiger partial charge in [-0.05, 0) is 29.2 Å². The Morgan fingerprint density at radius 3 is 2.16 bits per heavy atom. The molecule has 2 atom stereocenters. The smallest absolute Gasteiger partial charge is 0.408 e. The number of benzene rings is 2. The number of nitrogens with two attached hydrogens (primary N) is 1. The van der Waals surface area contributed by atoms with Crippen LogP contribution in [0.2, 0.25) is 0 Å². The van der Waals surface area contributed by atoms with E-state index in [4.69, 9.17) is 10.6 Å². The second-order valence-electron chi connectivity index (χ2n) is 7.37. The summed E-state index contributed by atoms with van der Waals surface area (Å²) in [5, 5.41) is 14.6. The lowest BCUT2D eigenvalue weighted by Gasteiger charge is -2.24. The van der Waals surface area contributed by atoms with Gasteiger partial charge in [-0.15, -0.1) is 0 Å². The molecule has 0 aliphatic carbocycles. The van der Waals surface area contributed by atoms with E-state index in [0.29, 0.717) is 5.56 Å². The number of nitrogens with one attached hydrogen (secondary N) is 3. The largest absolute Gasteiger partial charge is 0.508 e. The van der Waals surface area contributed by atoms with Crippen molar-refractivity contribution >= 4 is 17.9 Å². The van der Waals surface area contributed by atoms with Crippen LogP contribution in [0.5, 0.6) is 5.75 Å². The van der Waals surface area contributed by atoms with Gasteiger partial charge in [-0.2, -0.15) is 0 Å². The number of alkyl carbamates (subject to hydrolysis) is 1. The SMILES string of the molecule is CC(C)[C@@H](NC(=O)OCc1ccccc1)C(=O)N[C@H](Cc1ccc(O)cc1)C(=O)NN. The molecule has 31 heavy (non-hydrogen) atoms. The Morgan fingerprint density at radius 1 is 0.935 bits per heavy atom. The molecular weight excluding hydrogens is 400 g/mol. The molecule has 6 N–H and O–H groups in total. The highest BCUT2D eigenvalue weighted by Gasteiger charge is 2.29. The number of aromatic hydroxyl groups is 1. The first-order valence-corrected chi connectivity index (χ1v) is 9.86. The van der Waals surface area contributed by atoms with Crippen LogP contribution in [0.4, 0.5) is 4.79 Å². The van der Waals surface area contributed by atoms with Crippen molar-refractivity contribution in [3.63, 3.8) is 0 Å². The average molecular weight is 428 g/mol. The quantitative estimate of drug-likeness (QED) is 0.232. The van der Waals surface area contributed by atoms with E-state index in [0.717, 1.165) is 5.56 Å². The molecule has 2 aromatic rings. The van der Waals surface area contributed by atoms with E-state index in [9.17, 15) is 19.5 Å². The molecule has 3 amide bonds. The van der Waals surface area contributed by atoms with Gasteiger partial charge in [0.1, 0.15) is 24.4 Å². The van der Waals surface area contributed by atoms with Crippen LogP contribution in [-0.4, -0.2) is 35.1 Å². The number of rotatable bonds is 9. The molecule has 0 heterocycles. The van der Waals surface area contributed by atoms with Crippen LogP contribution >= 0.6 is 0 Å². The van der Waals surface area contributed by atoms with E-state index in [1.807, 2.05) is 35.8 Å². The molecular formula is C22H28N4O5. The molecule has 0 bridgehead atoms. The standard InChI is InChI=1S/C22H28N4O5/c1-14(2)19(25-22(30)31-13-16-6-4-3-5-7-16)21(29)24-18(20(28)26-23)12-15-8-10-17(27)11-9-15/h3-11,14,18-19,27H,12-13,23H2,1-2H3,(H,24,29)(H,25,30)(H,26,28)/t18-,19-/m1/s1. The Bertz CT molecular complexity index is 871. The monoisotopic (exact) mass is 428 g/mol. The van der Waals surface area contributed by atoms with Crippen molar-refractivity contribution in [2.45, 2.75) is 39.0 Å². The van der Waals surface area contributed by atoms with Crippen LogP contribution in [0.25, 0.3) is 0 Å². The maximum Gasteiger partial charge on any atom is 0.408 e. The Morgan fingerprint density at radius 2 is 1.58 bits per heavy atom. The molecule has 9 nitrogen and oxygen atoms in total. The van der Waals surface area contributed by atoms with Crippen molar-refractivity contribution < 1.29 is 24.2 Å². The first kappa shape index (κ1) is 23.7. The minimum Gasteiger partial charge on any atom is -0.508 e. The number of hydrazine groups is 1. The summed E-state index contributed by atoms with van der Waals surface area (Å²) in [6.07, 6.45) is -0.589. The Balaban J connectivity index is 2.00. The summed E-state index contributed by atoms with van der Waals surface area (Å²) >= 11 is 0. The molecule has 0 saturated heterocycles. The normalized spacial score (nSPS) is 12.5. The first-order chi connectivity index (χ1) is 14.8. The van der Waals surface area contributed by atoms with E-state index in [2.05, 4.69) is 10.6 Å². The Labute approximate surface area is 180 Å². The van der Waals surface area contributed by atoms with E-state index in [1.165, 1.54) is 12.1 Å². The van der Waals surface area contributed by atoms with Gasteiger partial charge in [-0.3, -0.25) is 15.0 Å². The highest BCUT2D eigenvalue weighted by Crippen LogP contribution is 2.12. The van der Waals surface area contributed by atoms with E-state index in [1.54, 1.807) is 26.0 Å². The lowest BCUT2D eigenvalue weighted by molar-refractivity contribution is -0.130. The van der Waals surface area contributed by atoms with Gasteiger partial charge in [0.15, 0.2) is 0 Å². The highest BCUT2D eigenvalue weighted by atomic mass is 16.5. The lowest BCUT2D eigenvalue weighted by Crippen LogP contribution is -2.56. The molecule has 0 aliphatic heterocycles. The van der Waals surface area contributed by atoms with Crippen molar-refractivity contribution in [2.24, 2.45) is 11.8 Å². The first-order valence-electron chi connectivity index (χ1n) is 9.86. The highest BCUT2D eigenvalue weighted by molar-refractivity contribution is 5.91. The van der Waals surface area contributed by atoms with E-state index in [-0.39, 0.29) is 24.7 Å². The molecule has 0 radical (unpaired) electrons. The number of phenols is 1. The second-order valence-corrected chi connectivity index (χ2v) is 7.37. The zero-order chi connectivity index (χ0) is 22.8. The van der Waals surface area contributed by atoms with Gasteiger partial charge in [0, 0.05) is 6.42 Å². The molecule has 0 fully saturated rings. The van der Waals surface area contributed by atoms with Crippen LogP contribution in [0.1, 0.15) is 25.0 Å². The molecule has 0 saturated carbocycles. The summed E-state index contributed by atoms with van der Waals surface area (Å²) in [4.78, 5) is 37.2. The van der Waals surface area contributed by atoms with Crippen molar-refractivity contribution in [3.05, 3.63) is 65.7 Å². The summed E-state index contributed by atoms with van der Waals surface area (Å²) in [7, 11) is 0. The second kappa shape index (κ2) is 11.6. The number of hydrogen-bond acceptors (Lipinski definition) is 6. The van der Waals surface area contributed by atoms with Crippen LogP contribution in [0, 0.1) is 5.92 Å². The number of carbonyl (C=O) groups is 3. The summed E-state index contributed by atoms with van der Waals surface area (Å²) < 4.78 is 5.19. The summed E-state index contributed by atoms with van der Waals surface area (Å²) in [5.41, 5.74) is 3.56. The van der Waals surface area contributed by atoms with Gasteiger partial charge in [-0.1, -0.05) is 56.3 Å². The Kier molecular flexibility index (Phi) is 8.83. The predicted octanol–water partition coefficient (Wildman–Crippen LogP) is 1.36. The van der Waals surface area contributed by atoms with Gasteiger partial charge >= 0.3 is 6.09 Å². The third kappa shape index (κ3) is 7.63. The number of carbonyl (C=O) groups excluding carboxylic acids is 3. The fourth-order valence-electron chi connectivity index (χ4n) is 2.87. The predicted molar refractivity (Wildman–Crippen MR) is 114 cm³/mol. The maximum atomic E-state index is 12.8. The van der Waals surface area contributed by atoms with Gasteiger partial charge in [-0.25, -0.2) is 10.6 Å². The number of phenolic OH excluding ortho intramolecular Hbond substituents is 1. The Hall–Kier alpha value is -3.59. The lowest BCUT2D eigenvalue weighted by atomic mass is 10.0. The summed E-state index contributed by atoms with van der Waals surface area (Å²) in [6.45, 7) is 3.59. The molecule has 0 aliphatic rings. The minimum atomic E-state index is -0.967. The zero-order valence-electron chi connectivity index (χ0n) is 17.5. The van der Waals surface area contributed by atoms with Gasteiger partial charge in [0.05, 0.1) is 0 Å². The molecule has 0 spiro atoms. The third-order valence-electron chi connectivity index (χ3n) is 4.59. The zero-order valence-corrected chi connectivity index (χ0v) is 17.5. The van der Waals surface area contributed by atoms with E-state index < -0.39 is 30.0 Å². The number of amides is 3. The minimum absolute atomic E-state index is 0.0676. The topological polar surface area (TPSA) is 143 Å². The summed E-state index contributed by atoms with van der Waals surface area (Å²) in [6, 6.07) is 13.5.